The molecular formula is C14H22N2O2. The van der Waals surface area contributed by atoms with E-state index in [1.165, 1.54) is 0 Å². The Bertz CT molecular complexity index is 380. The number of aliphatic hydroxyl groups is 1. The number of hydrogen-bond donors (Lipinski definition) is 2. The number of hydrogen-bond acceptors (Lipinski definition) is 2. The first kappa shape index (κ1) is 14.5. The number of aryl methyl sites for hydroxylation is 1. The Hall–Kier alpha value is -1.55. The van der Waals surface area contributed by atoms with Gasteiger partial charge in [-0.1, -0.05) is 31.5 Å². The molecule has 1 rings (SSSR count). The van der Waals surface area contributed by atoms with E-state index in [2.05, 4.69) is 12.2 Å². The van der Waals surface area contributed by atoms with Crippen molar-refractivity contribution in [2.24, 2.45) is 0 Å². The first-order chi connectivity index (χ1) is 8.72. The van der Waals surface area contributed by atoms with Gasteiger partial charge in [-0.25, -0.2) is 4.79 Å². The molecule has 0 saturated heterocycles. The number of carbonyl (C=O) groups excluding carboxylic acids is 1. The fourth-order valence-electron chi connectivity index (χ4n) is 1.85. The molecule has 0 unspecified atom stereocenters. The van der Waals surface area contributed by atoms with E-state index in [1.54, 1.807) is 4.90 Å². The van der Waals surface area contributed by atoms with Crippen molar-refractivity contribution in [2.45, 2.75) is 26.7 Å². The molecule has 0 heterocycles. The number of anilines is 1. The van der Waals surface area contributed by atoms with Gasteiger partial charge in [0.2, 0.25) is 0 Å². The standard InChI is InChI=1S/C14H22N2O2/c1-3-7-12-8-5-6-9-13(12)15-14(18)16(4-2)10-11-17/h5-6,8-9,17H,3-4,7,10-11H2,1-2H3,(H,15,18). The minimum absolute atomic E-state index is 0.0160. The Morgan fingerprint density at radius 1 is 1.33 bits per heavy atom. The number of urea groups is 1. The van der Waals surface area contributed by atoms with Gasteiger partial charge in [-0.15, -0.1) is 0 Å². The summed E-state index contributed by atoms with van der Waals surface area (Å²) in [6.07, 6.45) is 1.99. The second-order valence-corrected chi connectivity index (χ2v) is 4.14. The van der Waals surface area contributed by atoms with Crippen LogP contribution in [0, 0.1) is 0 Å². The third kappa shape index (κ3) is 4.04. The lowest BCUT2D eigenvalue weighted by Crippen LogP contribution is -2.37. The van der Waals surface area contributed by atoms with E-state index in [0.717, 1.165) is 24.1 Å². The van der Waals surface area contributed by atoms with Crippen LogP contribution in [0.25, 0.3) is 0 Å². The normalized spacial score (nSPS) is 10.2. The van der Waals surface area contributed by atoms with E-state index in [0.29, 0.717) is 13.1 Å². The summed E-state index contributed by atoms with van der Waals surface area (Å²) in [5, 5.41) is 11.8. The first-order valence-corrected chi connectivity index (χ1v) is 6.47. The molecule has 4 nitrogen and oxygen atoms in total. The summed E-state index contributed by atoms with van der Waals surface area (Å²) in [5.74, 6) is 0. The van der Waals surface area contributed by atoms with Crippen LogP contribution in [0.5, 0.6) is 0 Å². The number of benzene rings is 1. The first-order valence-electron chi connectivity index (χ1n) is 6.47. The van der Waals surface area contributed by atoms with Gasteiger partial charge in [0, 0.05) is 18.8 Å². The van der Waals surface area contributed by atoms with Gasteiger partial charge in [0.25, 0.3) is 0 Å². The van der Waals surface area contributed by atoms with E-state index < -0.39 is 0 Å². The minimum atomic E-state index is -0.157. The van der Waals surface area contributed by atoms with Gasteiger partial charge in [-0.05, 0) is 25.0 Å². The number of nitrogens with zero attached hydrogens (tertiary/aromatic N) is 1. The molecule has 0 aliphatic rings. The Morgan fingerprint density at radius 2 is 2.06 bits per heavy atom. The summed E-state index contributed by atoms with van der Waals surface area (Å²) >= 11 is 0. The molecular weight excluding hydrogens is 228 g/mol. The number of carbonyl (C=O) groups is 1. The van der Waals surface area contributed by atoms with Crippen molar-refractivity contribution in [3.05, 3.63) is 29.8 Å². The predicted octanol–water partition coefficient (Wildman–Crippen LogP) is 2.49. The zero-order chi connectivity index (χ0) is 13.4. The van der Waals surface area contributed by atoms with Crippen LogP contribution in [0.15, 0.2) is 24.3 Å². The third-order valence-corrected chi connectivity index (χ3v) is 2.82. The lowest BCUT2D eigenvalue weighted by molar-refractivity contribution is 0.192. The van der Waals surface area contributed by atoms with Gasteiger partial charge >= 0.3 is 6.03 Å². The summed E-state index contributed by atoms with van der Waals surface area (Å²) < 4.78 is 0. The summed E-state index contributed by atoms with van der Waals surface area (Å²) in [6.45, 7) is 4.94. The number of nitrogens with one attached hydrogen (secondary N) is 1. The fraction of sp³-hybridized carbons (Fsp3) is 0.500. The van der Waals surface area contributed by atoms with Crippen LogP contribution < -0.4 is 5.32 Å². The average molecular weight is 250 g/mol. The molecule has 1 aromatic rings. The number of para-hydroxylation sites is 1. The van der Waals surface area contributed by atoms with Crippen LogP contribution in [0.2, 0.25) is 0 Å². The Balaban J connectivity index is 2.74. The molecule has 0 bridgehead atoms. The van der Waals surface area contributed by atoms with Gasteiger partial charge in [0.1, 0.15) is 0 Å². The van der Waals surface area contributed by atoms with Crippen LogP contribution in [0.3, 0.4) is 0 Å². The predicted molar refractivity (Wildman–Crippen MR) is 73.8 cm³/mol. The smallest absolute Gasteiger partial charge is 0.321 e. The van der Waals surface area contributed by atoms with Crippen molar-refractivity contribution in [3.8, 4) is 0 Å². The Kier molecular flexibility index (Phi) is 6.22. The van der Waals surface area contributed by atoms with Gasteiger partial charge in [0.05, 0.1) is 6.61 Å². The van der Waals surface area contributed by atoms with Crippen LogP contribution in [0.4, 0.5) is 10.5 Å². The maximum atomic E-state index is 12.0. The van der Waals surface area contributed by atoms with E-state index in [4.69, 9.17) is 5.11 Å². The van der Waals surface area contributed by atoms with Crippen molar-refractivity contribution in [2.75, 3.05) is 25.0 Å². The molecule has 0 aliphatic carbocycles. The van der Waals surface area contributed by atoms with Crippen LogP contribution >= 0.6 is 0 Å². The van der Waals surface area contributed by atoms with E-state index >= 15 is 0 Å². The molecule has 0 saturated carbocycles. The molecule has 100 valence electrons. The highest BCUT2D eigenvalue weighted by Crippen LogP contribution is 2.17. The summed E-state index contributed by atoms with van der Waals surface area (Å²) in [4.78, 5) is 13.6. The van der Waals surface area contributed by atoms with Gasteiger partial charge in [0.15, 0.2) is 0 Å². The van der Waals surface area contributed by atoms with Crippen molar-refractivity contribution in [3.63, 3.8) is 0 Å². The molecule has 0 aliphatic heterocycles. The second-order valence-electron chi connectivity index (χ2n) is 4.14. The number of aliphatic hydroxyl groups excluding tert-OH is 1. The van der Waals surface area contributed by atoms with E-state index in [1.807, 2.05) is 31.2 Å². The largest absolute Gasteiger partial charge is 0.395 e. The van der Waals surface area contributed by atoms with Crippen molar-refractivity contribution in [1.29, 1.82) is 0 Å². The maximum Gasteiger partial charge on any atom is 0.321 e. The Labute approximate surface area is 109 Å². The number of likely N-dealkylation sites (N-methyl/N-ethyl adjacent to an activating group) is 1. The van der Waals surface area contributed by atoms with Crippen molar-refractivity contribution in [1.82, 2.24) is 4.90 Å². The molecule has 0 aromatic heterocycles. The van der Waals surface area contributed by atoms with Crippen LogP contribution in [0.1, 0.15) is 25.8 Å². The van der Waals surface area contributed by atoms with Crippen molar-refractivity contribution >= 4 is 11.7 Å². The van der Waals surface area contributed by atoms with Gasteiger partial charge < -0.3 is 15.3 Å². The zero-order valence-corrected chi connectivity index (χ0v) is 11.1. The summed E-state index contributed by atoms with van der Waals surface area (Å²) in [6, 6.07) is 7.68. The van der Waals surface area contributed by atoms with Crippen LogP contribution in [-0.4, -0.2) is 35.7 Å². The lowest BCUT2D eigenvalue weighted by Gasteiger charge is -2.21. The number of rotatable bonds is 6. The molecule has 0 radical (unpaired) electrons. The SMILES string of the molecule is CCCc1ccccc1NC(=O)N(CC)CCO. The minimum Gasteiger partial charge on any atom is -0.395 e. The summed E-state index contributed by atoms with van der Waals surface area (Å²) in [5.41, 5.74) is 2.01. The van der Waals surface area contributed by atoms with E-state index in [-0.39, 0.29) is 12.6 Å². The highest BCUT2D eigenvalue weighted by molar-refractivity contribution is 5.90. The van der Waals surface area contributed by atoms with Crippen molar-refractivity contribution < 1.29 is 9.90 Å². The van der Waals surface area contributed by atoms with Gasteiger partial charge in [-0.2, -0.15) is 0 Å². The zero-order valence-electron chi connectivity index (χ0n) is 11.1. The average Bonchev–Trinajstić information content (AvgIpc) is 2.38. The maximum absolute atomic E-state index is 12.0. The molecule has 4 heteroatoms. The second kappa shape index (κ2) is 7.71. The fourth-order valence-corrected chi connectivity index (χ4v) is 1.85. The molecule has 2 N–H and O–H groups in total. The highest BCUT2D eigenvalue weighted by atomic mass is 16.3. The van der Waals surface area contributed by atoms with E-state index in [9.17, 15) is 4.79 Å². The molecule has 1 aromatic carbocycles. The molecule has 0 spiro atoms. The molecule has 2 amide bonds. The monoisotopic (exact) mass is 250 g/mol. The molecule has 0 fully saturated rings. The Morgan fingerprint density at radius 3 is 2.67 bits per heavy atom. The van der Waals surface area contributed by atoms with Gasteiger partial charge in [-0.3, -0.25) is 0 Å². The summed E-state index contributed by atoms with van der Waals surface area (Å²) in [7, 11) is 0. The topological polar surface area (TPSA) is 52.6 Å². The highest BCUT2D eigenvalue weighted by Gasteiger charge is 2.12. The number of amides is 2. The quantitative estimate of drug-likeness (QED) is 0.815. The third-order valence-electron chi connectivity index (χ3n) is 2.82. The van der Waals surface area contributed by atoms with Crippen LogP contribution in [-0.2, 0) is 6.42 Å². The lowest BCUT2D eigenvalue weighted by atomic mass is 10.1. The molecule has 18 heavy (non-hydrogen) atoms. The molecule has 0 atom stereocenters.